The molecular weight excluding hydrogens is 336 g/mol. The molecule has 3 saturated heterocycles. The molecule has 0 aromatic heterocycles. The molecule has 3 aliphatic heterocycles. The lowest BCUT2D eigenvalue weighted by Crippen LogP contribution is -2.49. The molecule has 0 radical (unpaired) electrons. The fourth-order valence-electron chi connectivity index (χ4n) is 4.00. The van der Waals surface area contributed by atoms with Gasteiger partial charge in [-0.15, -0.1) is 0 Å². The number of amides is 2. The van der Waals surface area contributed by atoms with Crippen molar-refractivity contribution in [2.24, 2.45) is 5.92 Å². The lowest BCUT2D eigenvalue weighted by Gasteiger charge is -2.38. The van der Waals surface area contributed by atoms with Gasteiger partial charge >= 0.3 is 0 Å². The predicted molar refractivity (Wildman–Crippen MR) is 93.9 cm³/mol. The van der Waals surface area contributed by atoms with Crippen LogP contribution in [0.3, 0.4) is 0 Å². The van der Waals surface area contributed by atoms with Crippen molar-refractivity contribution in [2.45, 2.75) is 25.0 Å². The Kier molecular flexibility index (Phi) is 4.58. The van der Waals surface area contributed by atoms with Gasteiger partial charge in [0.1, 0.15) is 5.75 Å². The second-order valence-electron chi connectivity index (χ2n) is 7.04. The summed E-state index contributed by atoms with van der Waals surface area (Å²) in [5.74, 6) is 0.0135. The van der Waals surface area contributed by atoms with Crippen LogP contribution < -0.4 is 9.64 Å². The van der Waals surface area contributed by atoms with E-state index in [2.05, 4.69) is 0 Å². The van der Waals surface area contributed by atoms with Crippen molar-refractivity contribution in [3.63, 3.8) is 0 Å². The standard InChI is InChI=1S/C19H24N2O5/c1-24-16-4-2-15(3-5-16)21-13-14(12-17(21)22)18(23)20-8-6-19(7-9-20)25-10-11-26-19/h2-5,14H,6-13H2,1H3. The van der Waals surface area contributed by atoms with Gasteiger partial charge in [-0.3, -0.25) is 9.59 Å². The van der Waals surface area contributed by atoms with E-state index < -0.39 is 5.79 Å². The third-order valence-corrected chi connectivity index (χ3v) is 5.51. The summed E-state index contributed by atoms with van der Waals surface area (Å²) in [6.45, 7) is 2.92. The molecule has 7 heteroatoms. The summed E-state index contributed by atoms with van der Waals surface area (Å²) >= 11 is 0. The number of hydrogen-bond donors (Lipinski definition) is 0. The summed E-state index contributed by atoms with van der Waals surface area (Å²) < 4.78 is 16.6. The number of hydrogen-bond acceptors (Lipinski definition) is 5. The number of carbonyl (C=O) groups is 2. The molecule has 0 N–H and O–H groups in total. The summed E-state index contributed by atoms with van der Waals surface area (Å²) in [7, 11) is 1.61. The Hall–Kier alpha value is -2.12. The van der Waals surface area contributed by atoms with Gasteiger partial charge in [-0.2, -0.15) is 0 Å². The van der Waals surface area contributed by atoms with Crippen molar-refractivity contribution < 1.29 is 23.8 Å². The molecule has 2 amide bonds. The van der Waals surface area contributed by atoms with Crippen LogP contribution >= 0.6 is 0 Å². The van der Waals surface area contributed by atoms with Gasteiger partial charge in [0.2, 0.25) is 11.8 Å². The summed E-state index contributed by atoms with van der Waals surface area (Å²) in [5.41, 5.74) is 0.802. The molecule has 26 heavy (non-hydrogen) atoms. The summed E-state index contributed by atoms with van der Waals surface area (Å²) in [6, 6.07) is 7.35. The van der Waals surface area contributed by atoms with Crippen LogP contribution in [0.25, 0.3) is 0 Å². The first kappa shape index (κ1) is 17.3. The SMILES string of the molecule is COc1ccc(N2CC(C(=O)N3CCC4(CC3)OCCO4)CC2=O)cc1. The van der Waals surface area contributed by atoms with Gasteiger partial charge in [0, 0.05) is 44.6 Å². The zero-order valence-corrected chi connectivity index (χ0v) is 15.0. The zero-order valence-electron chi connectivity index (χ0n) is 15.0. The lowest BCUT2D eigenvalue weighted by molar-refractivity contribution is -0.188. The first-order valence-corrected chi connectivity index (χ1v) is 9.11. The van der Waals surface area contributed by atoms with Crippen molar-refractivity contribution in [1.29, 1.82) is 0 Å². The molecule has 0 aliphatic carbocycles. The minimum atomic E-state index is -0.489. The molecule has 1 atom stereocenters. The molecule has 1 aromatic rings. The Morgan fingerprint density at radius 2 is 1.81 bits per heavy atom. The van der Waals surface area contributed by atoms with Crippen LogP contribution in [0.5, 0.6) is 5.75 Å². The van der Waals surface area contributed by atoms with E-state index in [9.17, 15) is 9.59 Å². The number of ether oxygens (including phenoxy) is 3. The fraction of sp³-hybridized carbons (Fsp3) is 0.579. The minimum Gasteiger partial charge on any atom is -0.497 e. The quantitative estimate of drug-likeness (QED) is 0.815. The molecule has 1 spiro atoms. The average Bonchev–Trinajstić information content (AvgIpc) is 3.29. The molecule has 7 nitrogen and oxygen atoms in total. The van der Waals surface area contributed by atoms with Crippen molar-refractivity contribution >= 4 is 17.5 Å². The van der Waals surface area contributed by atoms with Gasteiger partial charge in [0.15, 0.2) is 5.79 Å². The molecule has 1 unspecified atom stereocenters. The molecule has 1 aromatic carbocycles. The Bertz CT molecular complexity index is 674. The highest BCUT2D eigenvalue weighted by Crippen LogP contribution is 2.33. The Morgan fingerprint density at radius 3 is 2.42 bits per heavy atom. The third-order valence-electron chi connectivity index (χ3n) is 5.51. The van der Waals surface area contributed by atoms with Gasteiger partial charge < -0.3 is 24.0 Å². The second-order valence-corrected chi connectivity index (χ2v) is 7.04. The van der Waals surface area contributed by atoms with Crippen molar-refractivity contribution in [1.82, 2.24) is 4.90 Å². The minimum absolute atomic E-state index is 0.00976. The van der Waals surface area contributed by atoms with Crippen LogP contribution in [0, 0.1) is 5.92 Å². The molecule has 0 saturated carbocycles. The number of anilines is 1. The number of carbonyl (C=O) groups excluding carboxylic acids is 2. The number of rotatable bonds is 3. The van der Waals surface area contributed by atoms with Crippen molar-refractivity contribution in [3.8, 4) is 5.75 Å². The van der Waals surface area contributed by atoms with Crippen LogP contribution in [0.1, 0.15) is 19.3 Å². The van der Waals surface area contributed by atoms with E-state index in [0.717, 1.165) is 11.4 Å². The average molecular weight is 360 g/mol. The van der Waals surface area contributed by atoms with E-state index in [1.54, 1.807) is 12.0 Å². The van der Waals surface area contributed by atoms with Crippen LogP contribution in [0.4, 0.5) is 5.69 Å². The maximum Gasteiger partial charge on any atom is 0.228 e. The summed E-state index contributed by atoms with van der Waals surface area (Å²) in [5, 5.41) is 0. The van der Waals surface area contributed by atoms with E-state index >= 15 is 0 Å². The summed E-state index contributed by atoms with van der Waals surface area (Å²) in [6.07, 6.45) is 1.66. The van der Waals surface area contributed by atoms with E-state index in [0.29, 0.717) is 45.7 Å². The Morgan fingerprint density at radius 1 is 1.15 bits per heavy atom. The fourth-order valence-corrected chi connectivity index (χ4v) is 4.00. The molecular formula is C19H24N2O5. The molecule has 3 heterocycles. The lowest BCUT2D eigenvalue weighted by atomic mass is 10.0. The summed E-state index contributed by atoms with van der Waals surface area (Å²) in [4.78, 5) is 28.8. The highest BCUT2D eigenvalue weighted by Gasteiger charge is 2.43. The smallest absolute Gasteiger partial charge is 0.228 e. The first-order valence-electron chi connectivity index (χ1n) is 9.11. The topological polar surface area (TPSA) is 68.3 Å². The number of nitrogens with zero attached hydrogens (tertiary/aromatic N) is 2. The van der Waals surface area contributed by atoms with E-state index in [1.165, 1.54) is 0 Å². The van der Waals surface area contributed by atoms with Gasteiger partial charge in [-0.25, -0.2) is 0 Å². The van der Waals surface area contributed by atoms with Crippen molar-refractivity contribution in [2.75, 3.05) is 44.9 Å². The zero-order chi connectivity index (χ0) is 18.1. The molecule has 140 valence electrons. The number of piperidine rings is 1. The molecule has 0 bridgehead atoms. The van der Waals surface area contributed by atoms with Crippen LogP contribution in [-0.4, -0.2) is 62.5 Å². The van der Waals surface area contributed by atoms with Gasteiger partial charge in [0.05, 0.1) is 26.2 Å². The maximum atomic E-state index is 12.9. The number of likely N-dealkylation sites (tertiary alicyclic amines) is 1. The Balaban J connectivity index is 1.38. The number of benzene rings is 1. The largest absolute Gasteiger partial charge is 0.497 e. The highest BCUT2D eigenvalue weighted by molar-refractivity contribution is 6.00. The van der Waals surface area contributed by atoms with E-state index in [-0.39, 0.29) is 24.2 Å². The number of methoxy groups -OCH3 is 1. The van der Waals surface area contributed by atoms with Gasteiger partial charge in [-0.05, 0) is 24.3 Å². The highest BCUT2D eigenvalue weighted by atomic mass is 16.7. The predicted octanol–water partition coefficient (Wildman–Crippen LogP) is 1.41. The Labute approximate surface area is 152 Å². The molecule has 4 rings (SSSR count). The molecule has 3 fully saturated rings. The maximum absolute atomic E-state index is 12.9. The second kappa shape index (κ2) is 6.89. The van der Waals surface area contributed by atoms with Crippen LogP contribution in [0.15, 0.2) is 24.3 Å². The van der Waals surface area contributed by atoms with Crippen LogP contribution in [0.2, 0.25) is 0 Å². The normalized spacial score (nSPS) is 25.1. The van der Waals surface area contributed by atoms with Crippen LogP contribution in [-0.2, 0) is 19.1 Å². The first-order chi connectivity index (χ1) is 12.6. The monoisotopic (exact) mass is 360 g/mol. The van der Waals surface area contributed by atoms with E-state index in [4.69, 9.17) is 14.2 Å². The van der Waals surface area contributed by atoms with Crippen molar-refractivity contribution in [3.05, 3.63) is 24.3 Å². The molecule has 3 aliphatic rings. The van der Waals surface area contributed by atoms with Gasteiger partial charge in [0.25, 0.3) is 0 Å². The van der Waals surface area contributed by atoms with E-state index in [1.807, 2.05) is 29.2 Å². The third kappa shape index (κ3) is 3.17. The van der Waals surface area contributed by atoms with Gasteiger partial charge in [-0.1, -0.05) is 0 Å².